The maximum Gasteiger partial charge on any atom is 0.0615 e. The second kappa shape index (κ2) is 5.77. The smallest absolute Gasteiger partial charge is 0.0615 e. The van der Waals surface area contributed by atoms with Crippen molar-refractivity contribution in [2.24, 2.45) is 5.92 Å². The molecule has 3 rings (SSSR count). The Kier molecular flexibility index (Phi) is 4.02. The molecule has 0 saturated heterocycles. The lowest BCUT2D eigenvalue weighted by Gasteiger charge is -2.18. The summed E-state index contributed by atoms with van der Waals surface area (Å²) in [5, 5.41) is 11.8. The molecule has 0 aromatic heterocycles. The molecular formula is C17H16Cl2O. The van der Waals surface area contributed by atoms with Crippen molar-refractivity contribution in [2.75, 3.05) is 0 Å². The minimum atomic E-state index is -0.390. The second-order valence-electron chi connectivity index (χ2n) is 5.44. The van der Waals surface area contributed by atoms with E-state index in [9.17, 15) is 5.11 Å². The van der Waals surface area contributed by atoms with E-state index in [-0.39, 0.29) is 5.92 Å². The first-order valence-electron chi connectivity index (χ1n) is 6.82. The first-order valence-corrected chi connectivity index (χ1v) is 7.58. The Morgan fingerprint density at radius 3 is 2.35 bits per heavy atom. The quantitative estimate of drug-likeness (QED) is 0.896. The summed E-state index contributed by atoms with van der Waals surface area (Å²) in [7, 11) is 0. The van der Waals surface area contributed by atoms with Gasteiger partial charge in [0, 0.05) is 16.5 Å². The standard InChI is InChI=1S/C17H16Cl2O/c18-15-5-6-16(19)13(9-15)10-17(20)14-7-11-3-1-2-4-12(11)8-14/h1-6,9,14,17,20H,7-8,10H2. The van der Waals surface area contributed by atoms with Gasteiger partial charge in [-0.05, 0) is 53.6 Å². The molecule has 104 valence electrons. The fourth-order valence-electron chi connectivity index (χ4n) is 2.96. The predicted molar refractivity (Wildman–Crippen MR) is 83.5 cm³/mol. The molecule has 1 atom stereocenters. The molecule has 1 unspecified atom stereocenters. The molecule has 1 aliphatic rings. The largest absolute Gasteiger partial charge is 0.392 e. The van der Waals surface area contributed by atoms with Crippen LogP contribution in [0.2, 0.25) is 10.0 Å². The SMILES string of the molecule is OC(Cc1cc(Cl)ccc1Cl)C1Cc2ccccc2C1. The highest BCUT2D eigenvalue weighted by Gasteiger charge is 2.27. The summed E-state index contributed by atoms with van der Waals surface area (Å²) in [6.45, 7) is 0. The first kappa shape index (κ1) is 13.9. The van der Waals surface area contributed by atoms with E-state index in [1.807, 2.05) is 6.07 Å². The summed E-state index contributed by atoms with van der Waals surface area (Å²) < 4.78 is 0. The van der Waals surface area contributed by atoms with Gasteiger partial charge in [-0.15, -0.1) is 0 Å². The second-order valence-corrected chi connectivity index (χ2v) is 6.29. The number of rotatable bonds is 3. The summed E-state index contributed by atoms with van der Waals surface area (Å²) in [5.74, 6) is 0.266. The van der Waals surface area contributed by atoms with Crippen LogP contribution < -0.4 is 0 Å². The monoisotopic (exact) mass is 306 g/mol. The number of halogens is 2. The lowest BCUT2D eigenvalue weighted by molar-refractivity contribution is 0.113. The third-order valence-corrected chi connectivity index (χ3v) is 4.67. The van der Waals surface area contributed by atoms with Crippen molar-refractivity contribution in [1.82, 2.24) is 0 Å². The molecule has 2 aromatic carbocycles. The van der Waals surface area contributed by atoms with Crippen LogP contribution in [-0.2, 0) is 19.3 Å². The normalized spacial score (nSPS) is 16.1. The van der Waals surface area contributed by atoms with Crippen molar-refractivity contribution in [3.63, 3.8) is 0 Å². The van der Waals surface area contributed by atoms with Gasteiger partial charge in [-0.3, -0.25) is 0 Å². The minimum Gasteiger partial charge on any atom is -0.392 e. The van der Waals surface area contributed by atoms with Crippen LogP contribution >= 0.6 is 23.2 Å². The van der Waals surface area contributed by atoms with Crippen LogP contribution in [0, 0.1) is 5.92 Å². The highest BCUT2D eigenvalue weighted by molar-refractivity contribution is 6.33. The minimum absolute atomic E-state index is 0.266. The lowest BCUT2D eigenvalue weighted by Crippen LogP contribution is -2.23. The average molecular weight is 307 g/mol. The molecule has 0 spiro atoms. The van der Waals surface area contributed by atoms with Gasteiger partial charge in [-0.2, -0.15) is 0 Å². The van der Waals surface area contributed by atoms with Crippen molar-refractivity contribution >= 4 is 23.2 Å². The molecule has 1 nitrogen and oxygen atoms in total. The zero-order valence-corrected chi connectivity index (χ0v) is 12.5. The van der Waals surface area contributed by atoms with E-state index >= 15 is 0 Å². The maximum atomic E-state index is 10.5. The fourth-order valence-corrected chi connectivity index (χ4v) is 3.35. The van der Waals surface area contributed by atoms with Gasteiger partial charge in [0.1, 0.15) is 0 Å². The van der Waals surface area contributed by atoms with Crippen LogP contribution in [0.3, 0.4) is 0 Å². The Morgan fingerprint density at radius 2 is 1.70 bits per heavy atom. The third-order valence-electron chi connectivity index (χ3n) is 4.06. The van der Waals surface area contributed by atoms with Crippen LogP contribution in [0.4, 0.5) is 0 Å². The van der Waals surface area contributed by atoms with E-state index < -0.39 is 6.10 Å². The third kappa shape index (κ3) is 2.85. The van der Waals surface area contributed by atoms with Crippen LogP contribution in [0.1, 0.15) is 16.7 Å². The van der Waals surface area contributed by atoms with E-state index in [0.717, 1.165) is 18.4 Å². The molecule has 0 bridgehead atoms. The summed E-state index contributed by atoms with van der Waals surface area (Å²) >= 11 is 12.2. The molecule has 0 saturated carbocycles. The van der Waals surface area contributed by atoms with Crippen molar-refractivity contribution in [2.45, 2.75) is 25.4 Å². The number of fused-ring (bicyclic) bond motifs is 1. The van der Waals surface area contributed by atoms with Crippen LogP contribution in [-0.4, -0.2) is 11.2 Å². The van der Waals surface area contributed by atoms with E-state index in [1.165, 1.54) is 11.1 Å². The van der Waals surface area contributed by atoms with Crippen LogP contribution in [0.15, 0.2) is 42.5 Å². The van der Waals surface area contributed by atoms with Gasteiger partial charge in [0.25, 0.3) is 0 Å². The lowest BCUT2D eigenvalue weighted by atomic mass is 9.93. The molecule has 0 fully saturated rings. The molecule has 2 aromatic rings. The van der Waals surface area contributed by atoms with E-state index in [1.54, 1.807) is 12.1 Å². The van der Waals surface area contributed by atoms with Gasteiger partial charge < -0.3 is 5.11 Å². The molecular weight excluding hydrogens is 291 g/mol. The van der Waals surface area contributed by atoms with Gasteiger partial charge in [0.15, 0.2) is 0 Å². The first-order chi connectivity index (χ1) is 9.63. The number of aliphatic hydroxyl groups excluding tert-OH is 1. The number of aliphatic hydroxyl groups is 1. The van der Waals surface area contributed by atoms with E-state index in [4.69, 9.17) is 23.2 Å². The summed E-state index contributed by atoms with van der Waals surface area (Å²) in [6.07, 6.45) is 2.04. The topological polar surface area (TPSA) is 20.2 Å². The number of hydrogen-bond acceptors (Lipinski definition) is 1. The summed E-state index contributed by atoms with van der Waals surface area (Å²) in [4.78, 5) is 0. The molecule has 1 aliphatic carbocycles. The summed E-state index contributed by atoms with van der Waals surface area (Å²) in [6, 6.07) is 13.8. The van der Waals surface area contributed by atoms with E-state index in [0.29, 0.717) is 16.5 Å². The van der Waals surface area contributed by atoms with Crippen molar-refractivity contribution < 1.29 is 5.11 Å². The van der Waals surface area contributed by atoms with Crippen LogP contribution in [0.25, 0.3) is 0 Å². The van der Waals surface area contributed by atoms with Gasteiger partial charge in [0.2, 0.25) is 0 Å². The van der Waals surface area contributed by atoms with Gasteiger partial charge in [-0.1, -0.05) is 47.5 Å². The molecule has 0 amide bonds. The highest BCUT2D eigenvalue weighted by Crippen LogP contribution is 2.31. The number of benzene rings is 2. The average Bonchev–Trinajstić information content (AvgIpc) is 2.87. The predicted octanol–water partition coefficient (Wildman–Crippen LogP) is 4.31. The Labute approximate surface area is 129 Å². The van der Waals surface area contributed by atoms with Crippen molar-refractivity contribution in [3.05, 3.63) is 69.2 Å². The Balaban J connectivity index is 1.72. The number of hydrogen-bond donors (Lipinski definition) is 1. The van der Waals surface area contributed by atoms with Gasteiger partial charge in [0.05, 0.1) is 6.10 Å². The Morgan fingerprint density at radius 1 is 1.05 bits per heavy atom. The van der Waals surface area contributed by atoms with E-state index in [2.05, 4.69) is 24.3 Å². The highest BCUT2D eigenvalue weighted by atomic mass is 35.5. The molecule has 0 radical (unpaired) electrons. The maximum absolute atomic E-state index is 10.5. The fraction of sp³-hybridized carbons (Fsp3) is 0.294. The van der Waals surface area contributed by atoms with Crippen molar-refractivity contribution in [1.29, 1.82) is 0 Å². The zero-order valence-electron chi connectivity index (χ0n) is 11.0. The molecule has 3 heteroatoms. The molecule has 0 heterocycles. The van der Waals surface area contributed by atoms with Gasteiger partial charge >= 0.3 is 0 Å². The van der Waals surface area contributed by atoms with Crippen LogP contribution in [0.5, 0.6) is 0 Å². The molecule has 0 aliphatic heterocycles. The zero-order chi connectivity index (χ0) is 14.1. The Hall–Kier alpha value is -1.02. The molecule has 20 heavy (non-hydrogen) atoms. The Bertz CT molecular complexity index is 599. The summed E-state index contributed by atoms with van der Waals surface area (Å²) in [5.41, 5.74) is 3.63. The van der Waals surface area contributed by atoms with Gasteiger partial charge in [-0.25, -0.2) is 0 Å². The molecule has 1 N–H and O–H groups in total. The van der Waals surface area contributed by atoms with Crippen molar-refractivity contribution in [3.8, 4) is 0 Å².